The average Bonchev–Trinajstić information content (AvgIpc) is 3.31. The molecule has 4 N–H and O–H groups in total. The molecular formula is C25H30ClFN6O4. The molecule has 1 aromatic heterocycles. The number of rotatable bonds is 8. The third kappa shape index (κ3) is 5.34. The molecule has 1 spiro atoms. The molecule has 2 saturated heterocycles. The van der Waals surface area contributed by atoms with Gasteiger partial charge in [0.15, 0.2) is 5.69 Å². The van der Waals surface area contributed by atoms with Crippen molar-refractivity contribution in [3.05, 3.63) is 46.8 Å². The number of aromatic amines is 1. The van der Waals surface area contributed by atoms with E-state index in [0.717, 1.165) is 32.2 Å². The van der Waals surface area contributed by atoms with Gasteiger partial charge in [-0.3, -0.25) is 19.3 Å². The predicted octanol–water partition coefficient (Wildman–Crippen LogP) is 2.42. The minimum Gasteiger partial charge on any atom is -0.372 e. The number of primary amides is 1. The molecule has 3 heterocycles. The molecule has 12 heteroatoms. The first-order valence-electron chi connectivity index (χ1n) is 12.5. The smallest absolute Gasteiger partial charge is 0.273 e. The zero-order valence-electron chi connectivity index (χ0n) is 20.3. The molecule has 37 heavy (non-hydrogen) atoms. The molecular weight excluding hydrogens is 503 g/mol. The normalized spacial score (nSPS) is 22.6. The van der Waals surface area contributed by atoms with Gasteiger partial charge < -0.3 is 25.7 Å². The zero-order chi connectivity index (χ0) is 26.2. The third-order valence-corrected chi connectivity index (χ3v) is 8.00. The molecule has 3 amide bonds. The van der Waals surface area contributed by atoms with Crippen molar-refractivity contribution in [3.8, 4) is 0 Å². The van der Waals surface area contributed by atoms with Crippen LogP contribution >= 0.6 is 11.6 Å². The van der Waals surface area contributed by atoms with Gasteiger partial charge in [-0.05, 0) is 43.9 Å². The van der Waals surface area contributed by atoms with E-state index >= 15 is 0 Å². The molecule has 3 fully saturated rings. The summed E-state index contributed by atoms with van der Waals surface area (Å²) in [6.45, 7) is 3.66. The highest BCUT2D eigenvalue weighted by molar-refractivity contribution is 6.33. The van der Waals surface area contributed by atoms with Gasteiger partial charge >= 0.3 is 0 Å². The van der Waals surface area contributed by atoms with Gasteiger partial charge in [0, 0.05) is 44.6 Å². The van der Waals surface area contributed by atoms with Crippen molar-refractivity contribution in [1.82, 2.24) is 19.8 Å². The van der Waals surface area contributed by atoms with E-state index in [1.165, 1.54) is 18.5 Å². The van der Waals surface area contributed by atoms with Crippen molar-refractivity contribution in [2.45, 2.75) is 43.7 Å². The van der Waals surface area contributed by atoms with Crippen molar-refractivity contribution in [2.24, 2.45) is 11.7 Å². The Labute approximate surface area is 218 Å². The summed E-state index contributed by atoms with van der Waals surface area (Å²) in [5, 5.41) is 2.93. The van der Waals surface area contributed by atoms with Gasteiger partial charge in [0.05, 0.1) is 29.2 Å². The number of aromatic nitrogens is 2. The standard InChI is InChI=1S/C25H30ClFN6O4/c26-18-11-16(27)3-6-19(18)31-23(35)15-1-4-17(5-2-15)33(9-8-32-12-25(13-32)7-10-37-25)24(36)21-20(22(28)34)29-14-30-21/h3,6,11,14-15,17H,1-2,4-5,7-10,12-13H2,(H2,28,34)(H,29,30)(H,31,35). The highest BCUT2D eigenvalue weighted by Gasteiger charge is 2.49. The van der Waals surface area contributed by atoms with E-state index in [-0.39, 0.29) is 45.8 Å². The number of hydrogen-bond acceptors (Lipinski definition) is 6. The quantitative estimate of drug-likeness (QED) is 0.478. The fraction of sp³-hybridized carbons (Fsp3) is 0.520. The Morgan fingerprint density at radius 3 is 2.62 bits per heavy atom. The van der Waals surface area contributed by atoms with Crippen LogP contribution < -0.4 is 11.1 Å². The van der Waals surface area contributed by atoms with Gasteiger partial charge in [-0.2, -0.15) is 0 Å². The number of ether oxygens (including phenoxy) is 1. The molecule has 2 aromatic rings. The number of amides is 3. The van der Waals surface area contributed by atoms with Crippen molar-refractivity contribution in [3.63, 3.8) is 0 Å². The minimum atomic E-state index is -0.767. The summed E-state index contributed by atoms with van der Waals surface area (Å²) in [7, 11) is 0. The van der Waals surface area contributed by atoms with Crippen molar-refractivity contribution in [1.29, 1.82) is 0 Å². The predicted molar refractivity (Wildman–Crippen MR) is 134 cm³/mol. The monoisotopic (exact) mass is 532 g/mol. The van der Waals surface area contributed by atoms with Gasteiger partial charge in [-0.25, -0.2) is 9.37 Å². The molecule has 0 radical (unpaired) electrons. The van der Waals surface area contributed by atoms with Gasteiger partial charge in [-0.1, -0.05) is 11.6 Å². The van der Waals surface area contributed by atoms with Crippen LogP contribution in [0.3, 0.4) is 0 Å². The highest BCUT2D eigenvalue weighted by atomic mass is 35.5. The third-order valence-electron chi connectivity index (χ3n) is 7.69. The summed E-state index contributed by atoms with van der Waals surface area (Å²) in [4.78, 5) is 48.9. The lowest BCUT2D eigenvalue weighted by atomic mass is 9.84. The minimum absolute atomic E-state index is 0.00378. The molecule has 0 unspecified atom stereocenters. The number of halogens is 2. The summed E-state index contributed by atoms with van der Waals surface area (Å²) >= 11 is 6.05. The number of H-pyrrole nitrogens is 1. The zero-order valence-corrected chi connectivity index (χ0v) is 21.1. The van der Waals surface area contributed by atoms with Gasteiger partial charge in [0.1, 0.15) is 11.5 Å². The first-order chi connectivity index (χ1) is 17.7. The largest absolute Gasteiger partial charge is 0.372 e. The number of carbonyl (C=O) groups excluding carboxylic acids is 3. The van der Waals surface area contributed by atoms with Gasteiger partial charge in [0.2, 0.25) is 5.91 Å². The number of nitrogens with zero attached hydrogens (tertiary/aromatic N) is 3. The molecule has 5 rings (SSSR count). The van der Waals surface area contributed by atoms with Gasteiger partial charge in [0.25, 0.3) is 11.8 Å². The maximum absolute atomic E-state index is 13.5. The highest BCUT2D eigenvalue weighted by Crippen LogP contribution is 2.36. The Balaban J connectivity index is 1.23. The lowest BCUT2D eigenvalue weighted by molar-refractivity contribution is -0.221. The summed E-state index contributed by atoms with van der Waals surface area (Å²) < 4.78 is 19.0. The topological polar surface area (TPSA) is 134 Å². The number of carbonyl (C=O) groups is 3. The molecule has 0 atom stereocenters. The van der Waals surface area contributed by atoms with Crippen LogP contribution in [0.25, 0.3) is 0 Å². The Bertz CT molecular complexity index is 1190. The number of benzene rings is 1. The van der Waals surface area contributed by atoms with E-state index < -0.39 is 11.7 Å². The lowest BCUT2D eigenvalue weighted by Crippen LogP contribution is -2.68. The Hall–Kier alpha value is -3.02. The van der Waals surface area contributed by atoms with Crippen LogP contribution in [0.5, 0.6) is 0 Å². The number of imidazole rings is 1. The van der Waals surface area contributed by atoms with Crippen LogP contribution in [-0.4, -0.2) is 81.9 Å². The van der Waals surface area contributed by atoms with Crippen molar-refractivity contribution < 1.29 is 23.5 Å². The fourth-order valence-corrected chi connectivity index (χ4v) is 5.74. The molecule has 1 aromatic carbocycles. The number of hydrogen-bond donors (Lipinski definition) is 3. The number of anilines is 1. The van der Waals surface area contributed by atoms with Crippen LogP contribution in [0.2, 0.25) is 5.02 Å². The number of likely N-dealkylation sites (tertiary alicyclic amines) is 1. The molecule has 2 aliphatic heterocycles. The second-order valence-corrected chi connectivity index (χ2v) is 10.5. The summed E-state index contributed by atoms with van der Waals surface area (Å²) in [6, 6.07) is 3.74. The van der Waals surface area contributed by atoms with Crippen LogP contribution in [0.1, 0.15) is 53.1 Å². The van der Waals surface area contributed by atoms with Crippen molar-refractivity contribution >= 4 is 35.0 Å². The molecule has 198 valence electrons. The molecule has 1 saturated carbocycles. The lowest BCUT2D eigenvalue weighted by Gasteiger charge is -2.55. The van der Waals surface area contributed by atoms with Gasteiger partial charge in [-0.15, -0.1) is 0 Å². The molecule has 1 aliphatic carbocycles. The van der Waals surface area contributed by atoms with Crippen LogP contribution in [0.4, 0.5) is 10.1 Å². The van der Waals surface area contributed by atoms with E-state index in [1.807, 2.05) is 0 Å². The van der Waals surface area contributed by atoms with Crippen molar-refractivity contribution in [2.75, 3.05) is 38.1 Å². The first kappa shape index (κ1) is 25.6. The van der Waals surface area contributed by atoms with E-state index in [9.17, 15) is 18.8 Å². The van der Waals surface area contributed by atoms with Crippen LogP contribution in [0.15, 0.2) is 24.5 Å². The van der Waals surface area contributed by atoms with E-state index in [0.29, 0.717) is 44.5 Å². The molecule has 0 bridgehead atoms. The summed E-state index contributed by atoms with van der Waals surface area (Å²) in [5.74, 6) is -2.00. The Morgan fingerprint density at radius 1 is 1.27 bits per heavy atom. The summed E-state index contributed by atoms with van der Waals surface area (Å²) in [6.07, 6.45) is 4.75. The molecule has 3 aliphatic rings. The first-order valence-corrected chi connectivity index (χ1v) is 12.9. The number of nitrogens with two attached hydrogens (primary N) is 1. The maximum Gasteiger partial charge on any atom is 0.273 e. The maximum atomic E-state index is 13.5. The van der Waals surface area contributed by atoms with E-state index in [4.69, 9.17) is 22.1 Å². The van der Waals surface area contributed by atoms with E-state index in [1.54, 1.807) is 4.90 Å². The van der Waals surface area contributed by atoms with Crippen LogP contribution in [0, 0.1) is 11.7 Å². The molecule has 10 nitrogen and oxygen atoms in total. The second-order valence-electron chi connectivity index (χ2n) is 10.1. The SMILES string of the molecule is NC(=O)c1nc[nH]c1C(=O)N(CCN1CC2(CCO2)C1)C1CCC(C(=O)Nc2ccc(F)cc2Cl)CC1. The van der Waals surface area contributed by atoms with E-state index in [2.05, 4.69) is 20.2 Å². The summed E-state index contributed by atoms with van der Waals surface area (Å²) in [5.41, 5.74) is 5.79. The van der Waals surface area contributed by atoms with Crippen LogP contribution in [-0.2, 0) is 9.53 Å². The Morgan fingerprint density at radius 2 is 2.00 bits per heavy atom. The average molecular weight is 533 g/mol. The fourth-order valence-electron chi connectivity index (χ4n) is 5.53. The second kappa shape index (κ2) is 10.4. The Kier molecular flexibility index (Phi) is 7.19. The number of nitrogens with one attached hydrogen (secondary N) is 2.